The number of sulfonamides is 1. The van der Waals surface area contributed by atoms with Crippen LogP contribution < -0.4 is 10.9 Å². The minimum Gasteiger partial charge on any atom is -0.506 e. The van der Waals surface area contributed by atoms with E-state index in [1.54, 1.807) is 41.1 Å². The number of anilines is 1. The maximum atomic E-state index is 13.8. The SMILES string of the molecule is CC1(C)[C@H]2CC[C@@H](Cn3c(=O)c(C4=NS(=O)(=O)c5ccccc5N4)c(O)c4cccnc43)[C@@H]1C2. The van der Waals surface area contributed by atoms with Crippen molar-refractivity contribution in [3.8, 4) is 5.75 Å². The van der Waals surface area contributed by atoms with E-state index in [-0.39, 0.29) is 27.5 Å². The van der Waals surface area contributed by atoms with E-state index < -0.39 is 15.6 Å². The quantitative estimate of drug-likeness (QED) is 0.593. The van der Waals surface area contributed by atoms with E-state index in [0.29, 0.717) is 35.1 Å². The Morgan fingerprint density at radius 1 is 1.18 bits per heavy atom. The smallest absolute Gasteiger partial charge is 0.286 e. The van der Waals surface area contributed by atoms with Crippen LogP contribution in [0.1, 0.15) is 38.7 Å². The number of nitrogens with one attached hydrogen (secondary N) is 1. The number of para-hydroxylation sites is 1. The Hall–Kier alpha value is -3.20. The molecule has 0 unspecified atom stereocenters. The van der Waals surface area contributed by atoms with Crippen molar-refractivity contribution >= 4 is 32.6 Å². The molecule has 9 heteroatoms. The Morgan fingerprint density at radius 3 is 2.74 bits per heavy atom. The lowest BCUT2D eigenvalue weighted by Crippen LogP contribution is -2.53. The predicted octanol–water partition coefficient (Wildman–Crippen LogP) is 3.74. The molecule has 3 fully saturated rings. The summed E-state index contributed by atoms with van der Waals surface area (Å²) in [5.41, 5.74) is 0.317. The van der Waals surface area contributed by atoms with E-state index in [1.165, 1.54) is 12.5 Å². The molecule has 2 aromatic heterocycles. The molecule has 3 aliphatic carbocycles. The number of aromatic hydroxyl groups is 1. The molecule has 2 bridgehead atoms. The first-order valence-electron chi connectivity index (χ1n) is 11.6. The van der Waals surface area contributed by atoms with Gasteiger partial charge in [-0.25, -0.2) is 4.98 Å². The van der Waals surface area contributed by atoms with Crippen LogP contribution in [-0.4, -0.2) is 28.9 Å². The van der Waals surface area contributed by atoms with Crippen LogP contribution in [0.15, 0.2) is 56.7 Å². The van der Waals surface area contributed by atoms with E-state index in [0.717, 1.165) is 18.8 Å². The first-order chi connectivity index (χ1) is 16.2. The number of fused-ring (bicyclic) bond motifs is 4. The molecule has 3 aromatic rings. The molecule has 8 nitrogen and oxygen atoms in total. The van der Waals surface area contributed by atoms with Gasteiger partial charge in [0.05, 0.1) is 11.1 Å². The van der Waals surface area contributed by atoms with Crippen molar-refractivity contribution < 1.29 is 13.5 Å². The third-order valence-electron chi connectivity index (χ3n) is 8.28. The van der Waals surface area contributed by atoms with Crippen LogP contribution in [0, 0.1) is 23.2 Å². The zero-order chi connectivity index (χ0) is 23.8. The van der Waals surface area contributed by atoms with Crippen molar-refractivity contribution in [2.24, 2.45) is 27.6 Å². The van der Waals surface area contributed by atoms with Gasteiger partial charge in [0.1, 0.15) is 21.9 Å². The standard InChI is InChI=1S/C25H26N4O4S/c1-25(2)15-10-9-14(17(25)12-15)13-29-23-16(6-5-11-26-23)21(30)20(24(29)31)22-27-18-7-3-4-8-19(18)34(32,33)28-22/h3-8,11,14-15,17,30H,9-10,12-13H2,1-2H3,(H,27,28)/t14-,15-,17-/m0/s1. The molecule has 1 aliphatic heterocycles. The van der Waals surface area contributed by atoms with Crippen LogP contribution in [0.5, 0.6) is 5.75 Å². The zero-order valence-electron chi connectivity index (χ0n) is 19.0. The average molecular weight is 479 g/mol. The highest BCUT2D eigenvalue weighted by Gasteiger charge is 2.54. The van der Waals surface area contributed by atoms with Gasteiger partial charge in [-0.1, -0.05) is 26.0 Å². The summed E-state index contributed by atoms with van der Waals surface area (Å²) in [7, 11) is -4.03. The molecule has 1 aromatic carbocycles. The van der Waals surface area contributed by atoms with Crippen molar-refractivity contribution in [2.45, 2.75) is 44.6 Å². The van der Waals surface area contributed by atoms with Crippen molar-refractivity contribution in [3.05, 3.63) is 58.5 Å². The third-order valence-corrected chi connectivity index (χ3v) is 9.61. The second kappa shape index (κ2) is 7.15. The number of hydrogen-bond acceptors (Lipinski definition) is 6. The molecular formula is C25H26N4O4S. The molecule has 3 heterocycles. The van der Waals surface area contributed by atoms with Gasteiger partial charge in [0.25, 0.3) is 15.6 Å². The van der Waals surface area contributed by atoms with Crippen molar-refractivity contribution in [1.82, 2.24) is 9.55 Å². The highest BCUT2D eigenvalue weighted by Crippen LogP contribution is 2.61. The average Bonchev–Trinajstić information content (AvgIpc) is 2.81. The Morgan fingerprint density at radius 2 is 1.97 bits per heavy atom. The van der Waals surface area contributed by atoms with Crippen molar-refractivity contribution in [2.75, 3.05) is 5.32 Å². The number of nitrogens with zero attached hydrogens (tertiary/aromatic N) is 3. The van der Waals surface area contributed by atoms with Crippen LogP contribution in [-0.2, 0) is 16.6 Å². The topological polar surface area (TPSA) is 114 Å². The van der Waals surface area contributed by atoms with Gasteiger partial charge in [-0.3, -0.25) is 9.36 Å². The van der Waals surface area contributed by atoms with Crippen LogP contribution in [0.25, 0.3) is 11.0 Å². The minimum atomic E-state index is -4.03. The van der Waals surface area contributed by atoms with Crippen LogP contribution in [0.2, 0.25) is 0 Å². The fourth-order valence-corrected chi connectivity index (χ4v) is 7.41. The molecule has 34 heavy (non-hydrogen) atoms. The van der Waals surface area contributed by atoms with Crippen molar-refractivity contribution in [3.63, 3.8) is 0 Å². The van der Waals surface area contributed by atoms with Gasteiger partial charge in [0.15, 0.2) is 5.84 Å². The van der Waals surface area contributed by atoms with Gasteiger partial charge in [0, 0.05) is 12.7 Å². The summed E-state index contributed by atoms with van der Waals surface area (Å²) in [6.45, 7) is 5.09. The molecule has 7 rings (SSSR count). The Balaban J connectivity index is 1.52. The molecule has 3 atom stereocenters. The highest BCUT2D eigenvalue weighted by atomic mass is 32.2. The van der Waals surface area contributed by atoms with E-state index in [9.17, 15) is 18.3 Å². The molecule has 0 spiro atoms. The minimum absolute atomic E-state index is 0.0324. The lowest BCUT2D eigenvalue weighted by Gasteiger charge is -2.60. The summed E-state index contributed by atoms with van der Waals surface area (Å²) in [5.74, 6) is 1.07. The van der Waals surface area contributed by atoms with Gasteiger partial charge < -0.3 is 10.4 Å². The summed E-state index contributed by atoms with van der Waals surface area (Å²) in [5, 5.41) is 14.4. The molecule has 3 saturated carbocycles. The fraction of sp³-hybridized carbons (Fsp3) is 0.400. The van der Waals surface area contributed by atoms with Gasteiger partial charge in [0.2, 0.25) is 0 Å². The van der Waals surface area contributed by atoms with E-state index in [4.69, 9.17) is 0 Å². The maximum Gasteiger partial charge on any atom is 0.286 e. The van der Waals surface area contributed by atoms with Crippen LogP contribution >= 0.6 is 0 Å². The lowest BCUT2D eigenvalue weighted by atomic mass is 9.45. The Kier molecular flexibility index (Phi) is 4.49. The largest absolute Gasteiger partial charge is 0.506 e. The molecule has 2 N–H and O–H groups in total. The molecule has 0 amide bonds. The van der Waals surface area contributed by atoms with Crippen molar-refractivity contribution in [1.29, 1.82) is 0 Å². The summed E-state index contributed by atoms with van der Waals surface area (Å²) in [6.07, 6.45) is 4.95. The maximum absolute atomic E-state index is 13.8. The molecule has 0 saturated heterocycles. The monoisotopic (exact) mass is 478 g/mol. The van der Waals surface area contributed by atoms with Gasteiger partial charge >= 0.3 is 0 Å². The number of amidine groups is 1. The third kappa shape index (κ3) is 2.95. The summed E-state index contributed by atoms with van der Waals surface area (Å²) >= 11 is 0. The van der Waals surface area contributed by atoms with Crippen LogP contribution in [0.3, 0.4) is 0 Å². The second-order valence-electron chi connectivity index (χ2n) is 10.2. The number of benzene rings is 1. The first-order valence-corrected chi connectivity index (χ1v) is 13.0. The van der Waals surface area contributed by atoms with Gasteiger partial charge in [-0.15, -0.1) is 4.40 Å². The lowest BCUT2D eigenvalue weighted by molar-refractivity contribution is -0.108. The van der Waals surface area contributed by atoms with E-state index in [1.807, 2.05) is 0 Å². The molecule has 4 aliphatic rings. The van der Waals surface area contributed by atoms with Gasteiger partial charge in [-0.05, 0) is 66.7 Å². The second-order valence-corrected chi connectivity index (χ2v) is 11.8. The number of pyridine rings is 2. The van der Waals surface area contributed by atoms with E-state index in [2.05, 4.69) is 28.5 Å². The number of aromatic nitrogens is 2. The Bertz CT molecular complexity index is 1540. The molecule has 0 radical (unpaired) electrons. The first kappa shape index (κ1) is 21.3. The fourth-order valence-electron chi connectivity index (χ4n) is 6.29. The predicted molar refractivity (Wildman–Crippen MR) is 130 cm³/mol. The Labute approximate surface area is 197 Å². The summed E-state index contributed by atoms with van der Waals surface area (Å²) in [6, 6.07) is 9.75. The summed E-state index contributed by atoms with van der Waals surface area (Å²) < 4.78 is 31.1. The molecule has 176 valence electrons. The molecular weight excluding hydrogens is 452 g/mol. The highest BCUT2D eigenvalue weighted by molar-refractivity contribution is 7.90. The normalized spacial score (nSPS) is 26.2. The van der Waals surface area contributed by atoms with Gasteiger partial charge in [-0.2, -0.15) is 8.42 Å². The number of rotatable bonds is 3. The van der Waals surface area contributed by atoms with E-state index >= 15 is 0 Å². The zero-order valence-corrected chi connectivity index (χ0v) is 19.8. The van der Waals surface area contributed by atoms with Crippen LogP contribution in [0.4, 0.5) is 5.69 Å². The number of hydrogen-bond donors (Lipinski definition) is 2. The summed E-state index contributed by atoms with van der Waals surface area (Å²) in [4.78, 5) is 18.3.